The third-order valence-electron chi connectivity index (χ3n) is 6.27. The molecule has 0 aliphatic carbocycles. The molecule has 0 heterocycles. The maximum Gasteiger partial charge on any atom is 0.264 e. The van der Waals surface area contributed by atoms with Crippen molar-refractivity contribution in [3.05, 3.63) is 94.0 Å². The van der Waals surface area contributed by atoms with E-state index in [0.29, 0.717) is 27.8 Å². The molecule has 0 aromatic heterocycles. The molecule has 0 aliphatic heterocycles. The van der Waals surface area contributed by atoms with Crippen LogP contribution in [0, 0.1) is 6.92 Å². The highest BCUT2D eigenvalue weighted by Gasteiger charge is 2.32. The molecule has 3 rings (SSSR count). The molecule has 10 heteroatoms. The lowest BCUT2D eigenvalue weighted by molar-refractivity contribution is -0.139. The van der Waals surface area contributed by atoms with E-state index in [2.05, 4.69) is 5.32 Å². The zero-order valence-electron chi connectivity index (χ0n) is 22.2. The molecule has 0 saturated carbocycles. The topological polar surface area (TPSA) is 86.8 Å². The molecule has 0 aliphatic rings. The summed E-state index contributed by atoms with van der Waals surface area (Å²) >= 11 is 12.3. The molecule has 0 fully saturated rings. The second-order valence-corrected chi connectivity index (χ2v) is 11.9. The number of hydrogen-bond donors (Lipinski definition) is 1. The lowest BCUT2D eigenvalue weighted by Crippen LogP contribution is -2.51. The fourth-order valence-electron chi connectivity index (χ4n) is 3.91. The van der Waals surface area contributed by atoms with Crippen molar-refractivity contribution in [1.82, 2.24) is 10.2 Å². The molecule has 2 amide bonds. The van der Waals surface area contributed by atoms with Gasteiger partial charge in [-0.1, -0.05) is 78.5 Å². The van der Waals surface area contributed by atoms with Crippen LogP contribution in [0.15, 0.2) is 77.7 Å². The average Bonchev–Trinajstić information content (AvgIpc) is 2.92. The van der Waals surface area contributed by atoms with Crippen molar-refractivity contribution in [2.75, 3.05) is 17.4 Å². The summed E-state index contributed by atoms with van der Waals surface area (Å²) in [5, 5.41) is 3.54. The third-order valence-corrected chi connectivity index (χ3v) is 8.79. The number of carbonyl (C=O) groups excluding carboxylic acids is 2. The number of hydrogen-bond acceptors (Lipinski definition) is 4. The summed E-state index contributed by atoms with van der Waals surface area (Å²) in [4.78, 5) is 28.3. The Morgan fingerprint density at radius 2 is 1.62 bits per heavy atom. The largest absolute Gasteiger partial charge is 0.354 e. The summed E-state index contributed by atoms with van der Waals surface area (Å²) in [5.74, 6) is -0.872. The number of anilines is 1. The van der Waals surface area contributed by atoms with Gasteiger partial charge in [0.15, 0.2) is 0 Å². The molecule has 0 radical (unpaired) electrons. The molecular formula is C29H33Cl2N3O4S. The molecule has 0 bridgehead atoms. The molecule has 3 aromatic carbocycles. The monoisotopic (exact) mass is 589 g/mol. The SMILES string of the molecule is CCCCNC(=O)[C@H](C)N(Cc1ccc(Cl)c(Cl)c1)C(=O)CN(c1ccccc1)S(=O)(=O)c1ccc(C)cc1. The van der Waals surface area contributed by atoms with E-state index < -0.39 is 28.5 Å². The Morgan fingerprint density at radius 1 is 0.949 bits per heavy atom. The lowest BCUT2D eigenvalue weighted by atomic mass is 10.1. The van der Waals surface area contributed by atoms with E-state index in [1.54, 1.807) is 67.6 Å². The Morgan fingerprint density at radius 3 is 2.23 bits per heavy atom. The second kappa shape index (κ2) is 13.8. The van der Waals surface area contributed by atoms with Gasteiger partial charge in [-0.25, -0.2) is 8.42 Å². The summed E-state index contributed by atoms with van der Waals surface area (Å²) in [6.07, 6.45) is 1.71. The first-order chi connectivity index (χ1) is 18.5. The van der Waals surface area contributed by atoms with Crippen LogP contribution in [-0.2, 0) is 26.2 Å². The maximum absolute atomic E-state index is 13.9. The molecule has 3 aromatic rings. The summed E-state index contributed by atoms with van der Waals surface area (Å²) in [7, 11) is -4.10. The van der Waals surface area contributed by atoms with E-state index in [-0.39, 0.29) is 17.3 Å². The van der Waals surface area contributed by atoms with Gasteiger partial charge in [-0.3, -0.25) is 13.9 Å². The van der Waals surface area contributed by atoms with E-state index in [0.717, 1.165) is 22.7 Å². The number of benzene rings is 3. The third kappa shape index (κ3) is 7.97. The van der Waals surface area contributed by atoms with Crippen molar-refractivity contribution in [3.63, 3.8) is 0 Å². The lowest BCUT2D eigenvalue weighted by Gasteiger charge is -2.32. The van der Waals surface area contributed by atoms with Crippen molar-refractivity contribution >= 4 is 50.7 Å². The number of amides is 2. The fraction of sp³-hybridized carbons (Fsp3) is 0.310. The molecule has 1 N–H and O–H groups in total. The standard InChI is InChI=1S/C29H33Cl2N3O4S/c1-4-5-17-32-29(36)22(3)33(19-23-13-16-26(30)27(31)18-23)28(35)20-34(24-9-7-6-8-10-24)39(37,38)25-14-11-21(2)12-15-25/h6-16,18,22H,4-5,17,19-20H2,1-3H3,(H,32,36)/t22-/m0/s1. The molecule has 0 spiro atoms. The minimum atomic E-state index is -4.10. The Balaban J connectivity index is 1.98. The van der Waals surface area contributed by atoms with E-state index in [9.17, 15) is 18.0 Å². The van der Waals surface area contributed by atoms with Crippen LogP contribution in [0.1, 0.15) is 37.8 Å². The fourth-order valence-corrected chi connectivity index (χ4v) is 5.65. The van der Waals surface area contributed by atoms with Crippen molar-refractivity contribution < 1.29 is 18.0 Å². The van der Waals surface area contributed by atoms with Crippen LogP contribution in [-0.4, -0.2) is 44.3 Å². The number of nitrogens with zero attached hydrogens (tertiary/aromatic N) is 2. The van der Waals surface area contributed by atoms with Crippen LogP contribution in [0.3, 0.4) is 0 Å². The number of rotatable bonds is 12. The minimum Gasteiger partial charge on any atom is -0.354 e. The number of sulfonamides is 1. The number of nitrogens with one attached hydrogen (secondary N) is 1. The highest BCUT2D eigenvalue weighted by atomic mass is 35.5. The van der Waals surface area contributed by atoms with Crippen LogP contribution in [0.4, 0.5) is 5.69 Å². The number of halogens is 2. The molecular weight excluding hydrogens is 557 g/mol. The predicted molar refractivity (Wildman–Crippen MR) is 157 cm³/mol. The maximum atomic E-state index is 13.9. The summed E-state index contributed by atoms with van der Waals surface area (Å²) in [6, 6.07) is 19.0. The van der Waals surface area contributed by atoms with Crippen molar-refractivity contribution in [2.24, 2.45) is 0 Å². The van der Waals surface area contributed by atoms with Gasteiger partial charge >= 0.3 is 0 Å². The first kappa shape index (κ1) is 30.5. The van der Waals surface area contributed by atoms with E-state index in [4.69, 9.17) is 23.2 Å². The number of aryl methyl sites for hydroxylation is 1. The first-order valence-electron chi connectivity index (χ1n) is 12.7. The van der Waals surface area contributed by atoms with Gasteiger partial charge in [0.25, 0.3) is 10.0 Å². The Hall–Kier alpha value is -3.07. The van der Waals surface area contributed by atoms with Gasteiger partial charge in [0, 0.05) is 13.1 Å². The van der Waals surface area contributed by atoms with Crippen LogP contribution in [0.2, 0.25) is 10.0 Å². The predicted octanol–water partition coefficient (Wildman–Crippen LogP) is 5.83. The van der Waals surface area contributed by atoms with E-state index >= 15 is 0 Å². The highest BCUT2D eigenvalue weighted by molar-refractivity contribution is 7.92. The molecule has 7 nitrogen and oxygen atoms in total. The van der Waals surface area contributed by atoms with Crippen molar-refractivity contribution in [1.29, 1.82) is 0 Å². The van der Waals surface area contributed by atoms with E-state index in [1.807, 2.05) is 13.8 Å². The first-order valence-corrected chi connectivity index (χ1v) is 14.9. The van der Waals surface area contributed by atoms with Gasteiger partial charge < -0.3 is 10.2 Å². The van der Waals surface area contributed by atoms with Gasteiger partial charge in [0.1, 0.15) is 12.6 Å². The second-order valence-electron chi connectivity index (χ2n) is 9.25. The summed E-state index contributed by atoms with van der Waals surface area (Å²) < 4.78 is 28.6. The van der Waals surface area contributed by atoms with Crippen molar-refractivity contribution in [3.8, 4) is 0 Å². The smallest absolute Gasteiger partial charge is 0.264 e. The van der Waals surface area contributed by atoms with Crippen LogP contribution < -0.4 is 9.62 Å². The minimum absolute atomic E-state index is 0.0330. The van der Waals surface area contributed by atoms with Crippen molar-refractivity contribution in [2.45, 2.75) is 51.1 Å². The Labute approximate surface area is 240 Å². The van der Waals surface area contributed by atoms with E-state index in [1.165, 1.54) is 17.0 Å². The molecule has 39 heavy (non-hydrogen) atoms. The van der Waals surface area contributed by atoms with Gasteiger partial charge in [0.05, 0.1) is 20.6 Å². The highest BCUT2D eigenvalue weighted by Crippen LogP contribution is 2.26. The van der Waals surface area contributed by atoms with Gasteiger partial charge in [0.2, 0.25) is 11.8 Å². The van der Waals surface area contributed by atoms with Gasteiger partial charge in [-0.05, 0) is 62.2 Å². The average molecular weight is 591 g/mol. The summed E-state index contributed by atoms with van der Waals surface area (Å²) in [6.45, 7) is 5.51. The number of unbranched alkanes of at least 4 members (excludes halogenated alkanes) is 1. The van der Waals surface area contributed by atoms with Gasteiger partial charge in [-0.2, -0.15) is 0 Å². The quantitative estimate of drug-likeness (QED) is 0.269. The zero-order valence-corrected chi connectivity index (χ0v) is 24.6. The number of carbonyl (C=O) groups is 2. The van der Waals surface area contributed by atoms with Crippen LogP contribution >= 0.6 is 23.2 Å². The van der Waals surface area contributed by atoms with Gasteiger partial charge in [-0.15, -0.1) is 0 Å². The normalized spacial score (nSPS) is 12.0. The van der Waals surface area contributed by atoms with Crippen LogP contribution in [0.25, 0.3) is 0 Å². The molecule has 0 saturated heterocycles. The van der Waals surface area contributed by atoms with Crippen LogP contribution in [0.5, 0.6) is 0 Å². The summed E-state index contributed by atoms with van der Waals surface area (Å²) in [5.41, 5.74) is 1.89. The molecule has 0 unspecified atom stereocenters. The molecule has 1 atom stereocenters. The Bertz CT molecular complexity index is 1380. The molecule has 208 valence electrons. The zero-order chi connectivity index (χ0) is 28.6. The number of para-hydroxylation sites is 1. The Kier molecular flexibility index (Phi) is 10.8.